The monoisotopic (exact) mass is 338 g/mol. The number of thiocarbonyl (C=S) groups is 1. The summed E-state index contributed by atoms with van der Waals surface area (Å²) in [5, 5.41) is 21.8. The lowest BCUT2D eigenvalue weighted by Crippen LogP contribution is -2.66. The molecule has 0 amide bonds. The quantitative estimate of drug-likeness (QED) is 0.341. The smallest absolute Gasteiger partial charge is 0.216 e. The molecule has 4 nitrogen and oxygen atoms in total. The van der Waals surface area contributed by atoms with Crippen molar-refractivity contribution >= 4 is 23.1 Å². The summed E-state index contributed by atoms with van der Waals surface area (Å²) in [5.41, 5.74) is 1.35. The molecule has 2 heterocycles. The average molecular weight is 338 g/mol. The van der Waals surface area contributed by atoms with Crippen LogP contribution in [0.15, 0.2) is 60.3 Å². The molecule has 24 heavy (non-hydrogen) atoms. The topological polar surface area (TPSA) is 60.0 Å². The largest absolute Gasteiger partial charge is 0.366 e. The molecule has 122 valence electrons. The molecule has 3 rings (SSSR count). The molecule has 3 N–H and O–H groups in total. The van der Waals surface area contributed by atoms with E-state index < -0.39 is 5.72 Å². The average Bonchev–Trinajstić information content (AvgIpc) is 2.55. The zero-order valence-electron chi connectivity index (χ0n) is 13.7. The maximum Gasteiger partial charge on any atom is 0.216 e. The van der Waals surface area contributed by atoms with Gasteiger partial charge in [0.1, 0.15) is 4.99 Å². The van der Waals surface area contributed by atoms with E-state index in [9.17, 15) is 5.11 Å². The summed E-state index contributed by atoms with van der Waals surface area (Å²) in [5.74, 6) is 2.23. The van der Waals surface area contributed by atoms with Gasteiger partial charge in [0.15, 0.2) is 17.6 Å². The molecule has 5 heteroatoms. The zero-order chi connectivity index (χ0) is 17.3. The number of hydrogen-bond donors (Lipinski definition) is 3. The molecule has 0 spiro atoms. The highest BCUT2D eigenvalue weighted by molar-refractivity contribution is 7.80. The summed E-state index contributed by atoms with van der Waals surface area (Å²) in [7, 11) is 0. The van der Waals surface area contributed by atoms with Crippen LogP contribution in [0.4, 0.5) is 0 Å². The molecule has 0 bridgehead atoms. The van der Waals surface area contributed by atoms with Gasteiger partial charge in [-0.1, -0.05) is 48.6 Å². The summed E-state index contributed by atoms with van der Waals surface area (Å²) >= 11 is 5.39. The number of hydrogen-bond acceptors (Lipinski definition) is 3. The lowest BCUT2D eigenvalue weighted by Gasteiger charge is -2.41. The van der Waals surface area contributed by atoms with Crippen LogP contribution in [0.5, 0.6) is 0 Å². The van der Waals surface area contributed by atoms with Gasteiger partial charge < -0.3 is 10.4 Å². The van der Waals surface area contributed by atoms with Gasteiger partial charge in [0.05, 0.1) is 11.5 Å². The first kappa shape index (κ1) is 16.5. The van der Waals surface area contributed by atoms with Gasteiger partial charge in [-0.3, -0.25) is 5.41 Å². The maximum absolute atomic E-state index is 11.1. The lowest BCUT2D eigenvalue weighted by atomic mass is 9.77. The van der Waals surface area contributed by atoms with Crippen molar-refractivity contribution in [3.8, 4) is 0 Å². The van der Waals surface area contributed by atoms with Crippen molar-refractivity contribution in [3.63, 3.8) is 0 Å². The highest BCUT2D eigenvalue weighted by Gasteiger charge is 2.53. The van der Waals surface area contributed by atoms with Crippen molar-refractivity contribution < 1.29 is 9.67 Å². The van der Waals surface area contributed by atoms with E-state index in [0.717, 1.165) is 11.3 Å². The number of nitrogens with one attached hydrogen (secondary N) is 2. The predicted molar refractivity (Wildman–Crippen MR) is 97.2 cm³/mol. The summed E-state index contributed by atoms with van der Waals surface area (Å²) in [4.78, 5) is 0.370. The van der Waals surface area contributed by atoms with E-state index in [0.29, 0.717) is 10.6 Å². The van der Waals surface area contributed by atoms with Crippen LogP contribution in [-0.2, 0) is 0 Å². The molecular weight excluding hydrogens is 318 g/mol. The Hall–Kier alpha value is -2.33. The Morgan fingerprint density at radius 1 is 1.21 bits per heavy atom. The van der Waals surface area contributed by atoms with E-state index in [1.165, 1.54) is 0 Å². The number of piperidine rings is 1. The van der Waals surface area contributed by atoms with Crippen molar-refractivity contribution in [2.75, 3.05) is 0 Å². The van der Waals surface area contributed by atoms with Gasteiger partial charge in [0, 0.05) is 19.1 Å². The summed E-state index contributed by atoms with van der Waals surface area (Å²) < 4.78 is 2.03. The summed E-state index contributed by atoms with van der Waals surface area (Å²) in [6.45, 7) is 3.72. The normalized spacial score (nSPS) is 26.6. The zero-order valence-corrected chi connectivity index (χ0v) is 14.5. The van der Waals surface area contributed by atoms with Crippen LogP contribution in [0.25, 0.3) is 0 Å². The first-order valence-corrected chi connectivity index (χ1v) is 8.22. The third kappa shape index (κ3) is 2.78. The second kappa shape index (κ2) is 6.29. The Balaban J connectivity index is 2.26. The third-order valence-corrected chi connectivity index (χ3v) is 4.83. The van der Waals surface area contributed by atoms with Crippen LogP contribution in [0.2, 0.25) is 0 Å². The minimum absolute atomic E-state index is 0.265. The predicted octanol–water partition coefficient (Wildman–Crippen LogP) is 2.42. The van der Waals surface area contributed by atoms with E-state index in [2.05, 4.69) is 11.2 Å². The second-order valence-electron chi connectivity index (χ2n) is 6.22. The molecule has 0 aliphatic carbocycles. The third-order valence-electron chi connectivity index (χ3n) is 4.51. The van der Waals surface area contributed by atoms with E-state index in [4.69, 9.17) is 17.6 Å². The van der Waals surface area contributed by atoms with Gasteiger partial charge in [-0.25, -0.2) is 0 Å². The first-order chi connectivity index (χ1) is 11.5. The van der Waals surface area contributed by atoms with Crippen molar-refractivity contribution in [1.82, 2.24) is 5.32 Å². The molecule has 1 aromatic heterocycles. The standard InChI is InChI=1S/C19H19N3OS/c1-13-8-6-7-11-22(13)17-16(14-9-4-3-5-10-14)15(12-20)18(24)21-19(17,2)23/h3-11,16-17,20,23H,1-2H3/p+1. The number of benzene rings is 1. The highest BCUT2D eigenvalue weighted by Crippen LogP contribution is 2.41. The van der Waals surface area contributed by atoms with Crippen LogP contribution in [0.1, 0.15) is 30.1 Å². The van der Waals surface area contributed by atoms with Gasteiger partial charge in [0.2, 0.25) is 6.04 Å². The van der Waals surface area contributed by atoms with Crippen molar-refractivity contribution in [3.05, 3.63) is 71.6 Å². The van der Waals surface area contributed by atoms with Gasteiger partial charge in [-0.15, -0.1) is 0 Å². The Labute approximate surface area is 147 Å². The Morgan fingerprint density at radius 2 is 1.88 bits per heavy atom. The van der Waals surface area contributed by atoms with Gasteiger partial charge in [0.25, 0.3) is 0 Å². The van der Waals surface area contributed by atoms with E-state index in [-0.39, 0.29) is 12.0 Å². The molecule has 3 atom stereocenters. The van der Waals surface area contributed by atoms with Gasteiger partial charge >= 0.3 is 0 Å². The fourth-order valence-corrected chi connectivity index (χ4v) is 3.81. The fourth-order valence-electron chi connectivity index (χ4n) is 3.42. The minimum atomic E-state index is -1.26. The Kier molecular flexibility index (Phi) is 4.33. The molecular formula is C19H20N3OS+. The number of aryl methyl sites for hydroxylation is 1. The van der Waals surface area contributed by atoms with E-state index in [1.54, 1.807) is 6.92 Å². The van der Waals surface area contributed by atoms with Crippen LogP contribution < -0.4 is 9.88 Å². The van der Waals surface area contributed by atoms with Crippen molar-refractivity contribution in [1.29, 1.82) is 5.41 Å². The molecule has 1 fully saturated rings. The fraction of sp³-hybridized carbons (Fsp3) is 0.263. The van der Waals surface area contributed by atoms with E-state index >= 15 is 0 Å². The van der Waals surface area contributed by atoms with Gasteiger partial charge in [-0.2, -0.15) is 4.57 Å². The first-order valence-electron chi connectivity index (χ1n) is 7.82. The van der Waals surface area contributed by atoms with Crippen LogP contribution >= 0.6 is 12.2 Å². The van der Waals surface area contributed by atoms with Crippen LogP contribution in [0.3, 0.4) is 0 Å². The van der Waals surface area contributed by atoms with Crippen LogP contribution in [-0.4, -0.2) is 21.7 Å². The highest BCUT2D eigenvalue weighted by atomic mass is 32.1. The minimum Gasteiger partial charge on any atom is -0.366 e. The molecule has 2 aromatic rings. The summed E-state index contributed by atoms with van der Waals surface area (Å²) in [6.07, 6.45) is 1.95. The van der Waals surface area contributed by atoms with Crippen molar-refractivity contribution in [2.45, 2.75) is 31.5 Å². The molecule has 1 aromatic carbocycles. The Bertz CT molecular complexity index is 826. The molecule has 0 radical (unpaired) electrons. The molecule has 3 unspecified atom stereocenters. The lowest BCUT2D eigenvalue weighted by molar-refractivity contribution is -0.745. The van der Waals surface area contributed by atoms with Crippen molar-refractivity contribution in [2.24, 2.45) is 0 Å². The molecule has 1 saturated heterocycles. The van der Waals surface area contributed by atoms with E-state index in [1.807, 2.05) is 66.2 Å². The number of nitrogens with zero attached hydrogens (tertiary/aromatic N) is 1. The molecule has 1 aliphatic rings. The van der Waals surface area contributed by atoms with Crippen LogP contribution in [0, 0.1) is 12.3 Å². The Morgan fingerprint density at radius 3 is 2.50 bits per heavy atom. The second-order valence-corrected chi connectivity index (χ2v) is 6.63. The number of aliphatic hydroxyl groups is 1. The number of rotatable bonds is 2. The number of pyridine rings is 1. The summed E-state index contributed by atoms with van der Waals surface area (Å²) in [6, 6.07) is 15.4. The van der Waals surface area contributed by atoms with Gasteiger partial charge in [-0.05, 0) is 18.4 Å². The maximum atomic E-state index is 11.1. The number of aromatic nitrogens is 1. The SMILES string of the molecule is Cc1cccc[n+]1C1C(c2ccccc2)C(=C=N)C(=S)NC1(C)O. The molecule has 1 aliphatic heterocycles. The molecule has 0 saturated carbocycles.